The molecule has 0 spiro atoms. The van der Waals surface area contributed by atoms with E-state index in [0.717, 1.165) is 10.5 Å². The normalized spacial score (nSPS) is 10.2. The zero-order valence-electron chi connectivity index (χ0n) is 6.73. The molecule has 0 atom stereocenters. The molecule has 0 bridgehead atoms. The summed E-state index contributed by atoms with van der Waals surface area (Å²) in [6.45, 7) is 0.265. The first kappa shape index (κ1) is 9.58. The van der Waals surface area contributed by atoms with E-state index in [-0.39, 0.29) is 13.2 Å². The van der Waals surface area contributed by atoms with Crippen LogP contribution in [0.1, 0.15) is 5.56 Å². The van der Waals surface area contributed by atoms with E-state index in [2.05, 4.69) is 0 Å². The van der Waals surface area contributed by atoms with Crippen LogP contribution >= 0.6 is 11.8 Å². The van der Waals surface area contributed by atoms with Crippen LogP contribution in [0.3, 0.4) is 0 Å². The van der Waals surface area contributed by atoms with Gasteiger partial charge in [-0.15, -0.1) is 11.8 Å². The molecule has 0 aliphatic carbocycles. The second-order valence-electron chi connectivity index (χ2n) is 2.38. The molecule has 0 amide bonds. The highest BCUT2D eigenvalue weighted by Gasteiger charge is 1.94. The van der Waals surface area contributed by atoms with Gasteiger partial charge in [-0.3, -0.25) is 0 Å². The molecule has 0 saturated carbocycles. The van der Waals surface area contributed by atoms with Gasteiger partial charge in [-0.05, 0) is 17.7 Å². The maximum atomic E-state index is 8.83. The Morgan fingerprint density at radius 1 is 1.25 bits per heavy atom. The fraction of sp³-hybridized carbons (Fsp3) is 0.333. The highest BCUT2D eigenvalue weighted by atomic mass is 32.2. The van der Waals surface area contributed by atoms with Gasteiger partial charge in [0.1, 0.15) is 0 Å². The van der Waals surface area contributed by atoms with Crippen molar-refractivity contribution < 1.29 is 10.2 Å². The summed E-state index contributed by atoms with van der Waals surface area (Å²) in [6, 6.07) is 7.69. The Kier molecular flexibility index (Phi) is 4.14. The zero-order valence-corrected chi connectivity index (χ0v) is 7.55. The maximum absolute atomic E-state index is 8.83. The van der Waals surface area contributed by atoms with Crippen molar-refractivity contribution in [1.82, 2.24) is 0 Å². The molecule has 1 rings (SSSR count). The van der Waals surface area contributed by atoms with Gasteiger partial charge < -0.3 is 10.2 Å². The number of rotatable bonds is 4. The summed E-state index contributed by atoms with van der Waals surface area (Å²) < 4.78 is 0. The largest absolute Gasteiger partial charge is 0.396 e. The van der Waals surface area contributed by atoms with Gasteiger partial charge >= 0.3 is 0 Å². The van der Waals surface area contributed by atoms with Crippen LogP contribution in [-0.4, -0.2) is 22.6 Å². The van der Waals surface area contributed by atoms with Crippen molar-refractivity contribution in [3.8, 4) is 0 Å². The summed E-state index contributed by atoms with van der Waals surface area (Å²) in [5.41, 5.74) is 0.915. The lowest BCUT2D eigenvalue weighted by Crippen LogP contribution is -1.87. The smallest absolute Gasteiger partial charge is 0.0682 e. The number of benzene rings is 1. The molecular weight excluding hydrogens is 172 g/mol. The molecule has 3 heteroatoms. The molecule has 0 aromatic heterocycles. The van der Waals surface area contributed by atoms with E-state index in [1.54, 1.807) is 11.8 Å². The Morgan fingerprint density at radius 2 is 2.08 bits per heavy atom. The number of hydrogen-bond donors (Lipinski definition) is 2. The second kappa shape index (κ2) is 5.19. The molecule has 2 nitrogen and oxygen atoms in total. The lowest BCUT2D eigenvalue weighted by Gasteiger charge is -2.00. The van der Waals surface area contributed by atoms with Crippen LogP contribution in [-0.2, 0) is 6.61 Å². The van der Waals surface area contributed by atoms with Gasteiger partial charge in [-0.2, -0.15) is 0 Å². The Hall–Kier alpha value is -0.510. The third kappa shape index (κ3) is 2.85. The van der Waals surface area contributed by atoms with Crippen LogP contribution in [0.25, 0.3) is 0 Å². The number of hydrogen-bond acceptors (Lipinski definition) is 3. The molecule has 0 heterocycles. The number of thioether (sulfide) groups is 1. The van der Waals surface area contributed by atoms with Gasteiger partial charge in [0.05, 0.1) is 13.2 Å². The molecular formula is C9H12O2S. The molecule has 0 aliphatic rings. The van der Waals surface area contributed by atoms with Gasteiger partial charge in [-0.1, -0.05) is 12.1 Å². The first-order chi connectivity index (χ1) is 5.86. The standard InChI is InChI=1S/C9H12O2S/c10-4-5-12-9-3-1-2-8(6-9)7-11/h1-3,6,10-11H,4-5,7H2. The van der Waals surface area contributed by atoms with Gasteiger partial charge in [0.15, 0.2) is 0 Å². The molecule has 1 aromatic rings. The summed E-state index contributed by atoms with van der Waals surface area (Å²) in [7, 11) is 0. The molecule has 12 heavy (non-hydrogen) atoms. The average Bonchev–Trinajstić information content (AvgIpc) is 2.15. The summed E-state index contributed by atoms with van der Waals surface area (Å²) in [5.74, 6) is 0.703. The lowest BCUT2D eigenvalue weighted by atomic mass is 10.2. The number of aliphatic hydroxyl groups excluding tert-OH is 2. The highest BCUT2D eigenvalue weighted by molar-refractivity contribution is 7.99. The summed E-state index contributed by atoms with van der Waals surface area (Å²) in [4.78, 5) is 1.09. The Bertz CT molecular complexity index is 238. The fourth-order valence-electron chi connectivity index (χ4n) is 0.897. The molecule has 1 aromatic carbocycles. The van der Waals surface area contributed by atoms with Crippen LogP contribution in [0.15, 0.2) is 29.2 Å². The van der Waals surface area contributed by atoms with Crippen molar-refractivity contribution in [1.29, 1.82) is 0 Å². The Balaban J connectivity index is 2.60. The monoisotopic (exact) mass is 184 g/mol. The van der Waals surface area contributed by atoms with Gasteiger partial charge in [0.2, 0.25) is 0 Å². The fourth-order valence-corrected chi connectivity index (χ4v) is 1.63. The second-order valence-corrected chi connectivity index (χ2v) is 3.55. The van der Waals surface area contributed by atoms with E-state index in [4.69, 9.17) is 10.2 Å². The molecule has 2 N–H and O–H groups in total. The minimum Gasteiger partial charge on any atom is -0.396 e. The van der Waals surface area contributed by atoms with Crippen molar-refractivity contribution in [3.05, 3.63) is 29.8 Å². The molecule has 66 valence electrons. The number of aliphatic hydroxyl groups is 2. The first-order valence-corrected chi connectivity index (χ1v) is 4.79. The van der Waals surface area contributed by atoms with E-state index < -0.39 is 0 Å². The van der Waals surface area contributed by atoms with Crippen molar-refractivity contribution in [2.24, 2.45) is 0 Å². The van der Waals surface area contributed by atoms with Gasteiger partial charge in [0, 0.05) is 10.6 Å². The molecule has 0 radical (unpaired) electrons. The SMILES string of the molecule is OCCSc1cccc(CO)c1. The first-order valence-electron chi connectivity index (χ1n) is 3.80. The van der Waals surface area contributed by atoms with Crippen LogP contribution < -0.4 is 0 Å². The quantitative estimate of drug-likeness (QED) is 0.692. The highest BCUT2D eigenvalue weighted by Crippen LogP contribution is 2.18. The predicted molar refractivity (Wildman–Crippen MR) is 50.2 cm³/mol. The maximum Gasteiger partial charge on any atom is 0.0682 e. The van der Waals surface area contributed by atoms with Gasteiger partial charge in [-0.25, -0.2) is 0 Å². The van der Waals surface area contributed by atoms with Crippen LogP contribution in [0.2, 0.25) is 0 Å². The third-order valence-corrected chi connectivity index (χ3v) is 2.42. The van der Waals surface area contributed by atoms with Crippen molar-refractivity contribution in [2.45, 2.75) is 11.5 Å². The Morgan fingerprint density at radius 3 is 2.75 bits per heavy atom. The van der Waals surface area contributed by atoms with E-state index >= 15 is 0 Å². The summed E-state index contributed by atoms with van der Waals surface area (Å²) in [5, 5.41) is 17.4. The third-order valence-electron chi connectivity index (χ3n) is 1.44. The minimum absolute atomic E-state index is 0.0769. The van der Waals surface area contributed by atoms with E-state index in [0.29, 0.717) is 5.75 Å². The minimum atomic E-state index is 0.0769. The van der Waals surface area contributed by atoms with Crippen molar-refractivity contribution >= 4 is 11.8 Å². The van der Waals surface area contributed by atoms with E-state index in [1.165, 1.54) is 0 Å². The molecule has 0 unspecified atom stereocenters. The lowest BCUT2D eigenvalue weighted by molar-refractivity contribution is 0.281. The van der Waals surface area contributed by atoms with Crippen molar-refractivity contribution in [2.75, 3.05) is 12.4 Å². The van der Waals surface area contributed by atoms with Crippen molar-refractivity contribution in [3.63, 3.8) is 0 Å². The van der Waals surface area contributed by atoms with E-state index in [1.807, 2.05) is 24.3 Å². The average molecular weight is 184 g/mol. The van der Waals surface area contributed by atoms with Gasteiger partial charge in [0.25, 0.3) is 0 Å². The van der Waals surface area contributed by atoms with Crippen LogP contribution in [0.5, 0.6) is 0 Å². The van der Waals surface area contributed by atoms with Crippen LogP contribution in [0, 0.1) is 0 Å². The molecule has 0 fully saturated rings. The summed E-state index contributed by atoms with van der Waals surface area (Å²) in [6.07, 6.45) is 0. The molecule has 0 saturated heterocycles. The summed E-state index contributed by atoms with van der Waals surface area (Å²) >= 11 is 1.59. The zero-order chi connectivity index (χ0) is 8.81. The molecule has 0 aliphatic heterocycles. The topological polar surface area (TPSA) is 40.5 Å². The predicted octanol–water partition coefficient (Wildman–Crippen LogP) is 1.26. The Labute approximate surface area is 76.2 Å². The van der Waals surface area contributed by atoms with Crippen LogP contribution in [0.4, 0.5) is 0 Å². The van der Waals surface area contributed by atoms with E-state index in [9.17, 15) is 0 Å².